The van der Waals surface area contributed by atoms with Gasteiger partial charge in [-0.25, -0.2) is 0 Å². The lowest BCUT2D eigenvalue weighted by molar-refractivity contribution is 0.198. The zero-order valence-electron chi connectivity index (χ0n) is 9.68. The van der Waals surface area contributed by atoms with Crippen LogP contribution in [-0.2, 0) is 0 Å². The Kier molecular flexibility index (Phi) is 3.40. The molecule has 0 aliphatic carbocycles. The molecule has 0 amide bonds. The van der Waals surface area contributed by atoms with Gasteiger partial charge in [-0.05, 0) is 19.9 Å². The normalized spacial score (nSPS) is 22.7. The van der Waals surface area contributed by atoms with Crippen LogP contribution in [-0.4, -0.2) is 41.0 Å². The molecule has 1 fully saturated rings. The molecule has 16 heavy (non-hydrogen) atoms. The summed E-state index contributed by atoms with van der Waals surface area (Å²) in [4.78, 5) is 1.92. The van der Waals surface area contributed by atoms with Crippen molar-refractivity contribution in [2.24, 2.45) is 0 Å². The van der Waals surface area contributed by atoms with Gasteiger partial charge in [-0.15, -0.1) is 5.10 Å². The van der Waals surface area contributed by atoms with E-state index in [0.29, 0.717) is 18.5 Å². The Morgan fingerprint density at radius 2 is 2.44 bits per heavy atom. The smallest absolute Gasteiger partial charge is 0.318 e. The molecular weight excluding hydrogens is 208 g/mol. The second-order valence-electron chi connectivity index (χ2n) is 4.09. The minimum Gasteiger partial charge on any atom is -0.406 e. The summed E-state index contributed by atoms with van der Waals surface area (Å²) in [5, 5.41) is 20.6. The van der Waals surface area contributed by atoms with E-state index in [1.54, 1.807) is 0 Å². The Balaban J connectivity index is 2.01. The summed E-state index contributed by atoms with van der Waals surface area (Å²) in [5.74, 6) is 0.596. The van der Waals surface area contributed by atoms with Gasteiger partial charge in [0.2, 0.25) is 5.89 Å². The highest BCUT2D eigenvalue weighted by Crippen LogP contribution is 2.21. The average Bonchev–Trinajstić information content (AvgIpc) is 2.85. The summed E-state index contributed by atoms with van der Waals surface area (Å²) in [6.07, 6.45) is 0.488. The first-order chi connectivity index (χ1) is 7.70. The molecule has 0 spiro atoms. The molecule has 2 N–H and O–H groups in total. The number of nitrogens with one attached hydrogen (secondary N) is 1. The maximum atomic E-state index is 9.42. The molecule has 0 bridgehead atoms. The predicted molar refractivity (Wildman–Crippen MR) is 59.2 cm³/mol. The van der Waals surface area contributed by atoms with Crippen molar-refractivity contribution in [3.8, 4) is 0 Å². The minimum absolute atomic E-state index is 0.0683. The van der Waals surface area contributed by atoms with Gasteiger partial charge in [-0.1, -0.05) is 12.0 Å². The van der Waals surface area contributed by atoms with Gasteiger partial charge in [0.25, 0.3) is 0 Å². The molecule has 1 aromatic rings. The summed E-state index contributed by atoms with van der Waals surface area (Å²) < 4.78 is 5.56. The van der Waals surface area contributed by atoms with Gasteiger partial charge in [0.15, 0.2) is 0 Å². The average molecular weight is 226 g/mol. The van der Waals surface area contributed by atoms with E-state index in [9.17, 15) is 5.11 Å². The van der Waals surface area contributed by atoms with E-state index in [0.717, 1.165) is 19.5 Å². The van der Waals surface area contributed by atoms with E-state index in [2.05, 4.69) is 15.5 Å². The Morgan fingerprint density at radius 1 is 1.62 bits per heavy atom. The van der Waals surface area contributed by atoms with Gasteiger partial charge in [0.05, 0.1) is 12.1 Å². The molecule has 6 nitrogen and oxygen atoms in total. The van der Waals surface area contributed by atoms with Crippen LogP contribution in [0.25, 0.3) is 0 Å². The van der Waals surface area contributed by atoms with Crippen LogP contribution in [0.1, 0.15) is 32.2 Å². The van der Waals surface area contributed by atoms with Crippen LogP contribution in [0.5, 0.6) is 0 Å². The fourth-order valence-electron chi connectivity index (χ4n) is 1.84. The minimum atomic E-state index is -0.276. The first-order valence-corrected chi connectivity index (χ1v) is 5.70. The summed E-state index contributed by atoms with van der Waals surface area (Å²) in [6.45, 7) is 6.24. The van der Waals surface area contributed by atoms with E-state index in [1.807, 2.05) is 18.7 Å². The van der Waals surface area contributed by atoms with E-state index < -0.39 is 0 Å². The number of β-amino-alcohol motifs (C(OH)–C–C–N with tert-alkyl or cyclic N) is 1. The predicted octanol–water partition coefficient (Wildman–Crippen LogP) is 0.311. The maximum Gasteiger partial charge on any atom is 0.318 e. The van der Waals surface area contributed by atoms with Crippen molar-refractivity contribution in [3.63, 3.8) is 0 Å². The number of aliphatic hydroxyl groups is 1. The maximum absolute atomic E-state index is 9.42. The van der Waals surface area contributed by atoms with Gasteiger partial charge in [-0.3, -0.25) is 0 Å². The van der Waals surface area contributed by atoms with Gasteiger partial charge in [0, 0.05) is 13.1 Å². The quantitative estimate of drug-likeness (QED) is 0.769. The first kappa shape index (κ1) is 11.3. The Labute approximate surface area is 94.7 Å². The van der Waals surface area contributed by atoms with Crippen molar-refractivity contribution in [3.05, 3.63) is 5.89 Å². The molecule has 0 saturated carbocycles. The summed E-state index contributed by atoms with van der Waals surface area (Å²) >= 11 is 0. The van der Waals surface area contributed by atoms with Crippen LogP contribution in [0.15, 0.2) is 4.42 Å². The third-order valence-corrected chi connectivity index (χ3v) is 2.74. The molecule has 6 heteroatoms. The monoisotopic (exact) mass is 226 g/mol. The number of nitrogens with zero attached hydrogens (tertiary/aromatic N) is 3. The molecule has 1 saturated heterocycles. The third kappa shape index (κ3) is 2.33. The number of anilines is 1. The topological polar surface area (TPSA) is 74.4 Å². The second-order valence-corrected chi connectivity index (χ2v) is 4.09. The summed E-state index contributed by atoms with van der Waals surface area (Å²) in [7, 11) is 0. The molecule has 0 aromatic carbocycles. The number of hydrogen-bond donors (Lipinski definition) is 2. The first-order valence-electron chi connectivity index (χ1n) is 5.70. The lowest BCUT2D eigenvalue weighted by Crippen LogP contribution is -2.21. The number of hydrogen-bond acceptors (Lipinski definition) is 6. The van der Waals surface area contributed by atoms with Gasteiger partial charge in [-0.2, -0.15) is 0 Å². The van der Waals surface area contributed by atoms with Crippen molar-refractivity contribution in [2.45, 2.75) is 32.4 Å². The lowest BCUT2D eigenvalue weighted by Gasteiger charge is -2.11. The molecule has 1 aliphatic heterocycles. The van der Waals surface area contributed by atoms with Crippen LogP contribution in [0.4, 0.5) is 6.01 Å². The van der Waals surface area contributed by atoms with E-state index >= 15 is 0 Å². The van der Waals surface area contributed by atoms with Crippen LogP contribution in [0, 0.1) is 0 Å². The van der Waals surface area contributed by atoms with Gasteiger partial charge < -0.3 is 19.7 Å². The molecule has 90 valence electrons. The van der Waals surface area contributed by atoms with Crippen LogP contribution >= 0.6 is 0 Å². The summed E-state index contributed by atoms with van der Waals surface area (Å²) in [6, 6.07) is 0.579. The van der Waals surface area contributed by atoms with Crippen molar-refractivity contribution in [1.82, 2.24) is 15.5 Å². The fourth-order valence-corrected chi connectivity index (χ4v) is 1.84. The van der Waals surface area contributed by atoms with Gasteiger partial charge >= 0.3 is 6.01 Å². The molecule has 1 aromatic heterocycles. The molecular formula is C10H18N4O2. The van der Waals surface area contributed by atoms with Crippen LogP contribution in [0.3, 0.4) is 0 Å². The van der Waals surface area contributed by atoms with E-state index in [4.69, 9.17) is 4.42 Å². The Hall–Kier alpha value is -1.14. The molecule has 2 rings (SSSR count). The number of aliphatic hydroxyl groups excluding tert-OH is 1. The lowest BCUT2D eigenvalue weighted by atomic mass is 10.3. The largest absolute Gasteiger partial charge is 0.406 e. The third-order valence-electron chi connectivity index (χ3n) is 2.74. The van der Waals surface area contributed by atoms with E-state index in [1.165, 1.54) is 0 Å². The zero-order chi connectivity index (χ0) is 11.5. The Morgan fingerprint density at radius 3 is 3.06 bits per heavy atom. The number of rotatable bonds is 4. The van der Waals surface area contributed by atoms with Crippen molar-refractivity contribution < 1.29 is 9.52 Å². The highest BCUT2D eigenvalue weighted by Gasteiger charge is 2.25. The second kappa shape index (κ2) is 4.80. The SMILES string of the molecule is CCNC(C)c1nnc(N2CCC(O)C2)o1. The summed E-state index contributed by atoms with van der Waals surface area (Å²) in [5.41, 5.74) is 0. The van der Waals surface area contributed by atoms with Gasteiger partial charge in [0.1, 0.15) is 0 Å². The van der Waals surface area contributed by atoms with Crippen LogP contribution in [0.2, 0.25) is 0 Å². The van der Waals surface area contributed by atoms with Crippen molar-refractivity contribution >= 4 is 6.01 Å². The van der Waals surface area contributed by atoms with Crippen molar-refractivity contribution in [2.75, 3.05) is 24.5 Å². The fraction of sp³-hybridized carbons (Fsp3) is 0.800. The zero-order valence-corrected chi connectivity index (χ0v) is 9.68. The molecule has 2 atom stereocenters. The van der Waals surface area contributed by atoms with E-state index in [-0.39, 0.29) is 12.1 Å². The Bertz CT molecular complexity index is 341. The highest BCUT2D eigenvalue weighted by molar-refractivity contribution is 5.26. The molecule has 2 heterocycles. The number of aromatic nitrogens is 2. The molecule has 0 radical (unpaired) electrons. The van der Waals surface area contributed by atoms with Crippen molar-refractivity contribution in [1.29, 1.82) is 0 Å². The molecule has 1 aliphatic rings. The highest BCUT2D eigenvalue weighted by atomic mass is 16.4. The van der Waals surface area contributed by atoms with Crippen LogP contribution < -0.4 is 10.2 Å². The standard InChI is InChI=1S/C10H18N4O2/c1-3-11-7(2)9-12-13-10(16-9)14-5-4-8(15)6-14/h7-8,11,15H,3-6H2,1-2H3. The molecule has 2 unspecified atom stereocenters.